The number of hydrogen-bond donors (Lipinski definition) is 3. The molecule has 0 aromatic carbocycles. The van der Waals surface area contributed by atoms with Crippen LogP contribution in [0.4, 0.5) is 0 Å². The Morgan fingerprint density at radius 3 is 2.33 bits per heavy atom. The van der Waals surface area contributed by atoms with Gasteiger partial charge in [-0.2, -0.15) is 0 Å². The van der Waals surface area contributed by atoms with Crippen LogP contribution in [0.3, 0.4) is 0 Å². The number of hydrogen-bond acceptors (Lipinski definition) is 3. The summed E-state index contributed by atoms with van der Waals surface area (Å²) < 4.78 is 0. The van der Waals surface area contributed by atoms with Crippen molar-refractivity contribution in [3.63, 3.8) is 0 Å². The fourth-order valence-electron chi connectivity index (χ4n) is 1.16. The van der Waals surface area contributed by atoms with E-state index in [4.69, 9.17) is 5.11 Å². The molecule has 0 rings (SSSR count). The molecular weight excluding hydrogens is 196 g/mol. The Morgan fingerprint density at radius 1 is 1.27 bits per heavy atom. The Hall–Kier alpha value is -1.10. The van der Waals surface area contributed by atoms with E-state index in [0.717, 1.165) is 0 Å². The average molecular weight is 216 g/mol. The zero-order valence-electron chi connectivity index (χ0n) is 9.54. The normalized spacial score (nSPS) is 12.5. The summed E-state index contributed by atoms with van der Waals surface area (Å²) >= 11 is 0. The molecule has 0 saturated heterocycles. The van der Waals surface area contributed by atoms with Crippen LogP contribution >= 0.6 is 0 Å². The van der Waals surface area contributed by atoms with Crippen molar-refractivity contribution in [3.05, 3.63) is 0 Å². The molecule has 0 spiro atoms. The minimum Gasteiger partial charge on any atom is -0.481 e. The smallest absolute Gasteiger partial charge is 0.304 e. The van der Waals surface area contributed by atoms with Gasteiger partial charge < -0.3 is 15.7 Å². The molecule has 0 aliphatic carbocycles. The van der Waals surface area contributed by atoms with E-state index in [1.165, 1.54) is 0 Å². The van der Waals surface area contributed by atoms with Crippen molar-refractivity contribution >= 4 is 11.9 Å². The highest BCUT2D eigenvalue weighted by atomic mass is 16.4. The zero-order chi connectivity index (χ0) is 11.8. The van der Waals surface area contributed by atoms with Gasteiger partial charge in [-0.3, -0.25) is 9.59 Å². The molecule has 1 atom stereocenters. The van der Waals surface area contributed by atoms with E-state index in [2.05, 4.69) is 10.6 Å². The van der Waals surface area contributed by atoms with Crippen LogP contribution in [0.5, 0.6) is 0 Å². The Labute approximate surface area is 90.2 Å². The van der Waals surface area contributed by atoms with Crippen LogP contribution in [0.25, 0.3) is 0 Å². The third-order valence-electron chi connectivity index (χ3n) is 1.78. The molecule has 0 saturated carbocycles. The Morgan fingerprint density at radius 2 is 1.87 bits per heavy atom. The second kappa shape index (κ2) is 7.23. The van der Waals surface area contributed by atoms with Gasteiger partial charge in [0.2, 0.25) is 5.91 Å². The van der Waals surface area contributed by atoms with Gasteiger partial charge >= 0.3 is 5.97 Å². The molecular formula is C10H20N2O3. The molecule has 1 unspecified atom stereocenters. The molecule has 0 aliphatic rings. The van der Waals surface area contributed by atoms with Crippen molar-refractivity contribution in [2.24, 2.45) is 0 Å². The van der Waals surface area contributed by atoms with Crippen molar-refractivity contribution in [2.45, 2.75) is 45.7 Å². The quantitative estimate of drug-likeness (QED) is 0.574. The standard InChI is InChI=1S/C10H20N2O3/c1-7(2)12-9(13)4-5-11-8(3)6-10(14)15/h7-8,11H,4-6H2,1-3H3,(H,12,13)(H,14,15). The molecule has 0 aromatic rings. The summed E-state index contributed by atoms with van der Waals surface area (Å²) in [6.07, 6.45) is 0.452. The molecule has 3 N–H and O–H groups in total. The highest BCUT2D eigenvalue weighted by Crippen LogP contribution is 1.90. The van der Waals surface area contributed by atoms with Gasteiger partial charge in [-0.1, -0.05) is 0 Å². The third-order valence-corrected chi connectivity index (χ3v) is 1.78. The number of carboxylic acid groups (broad SMARTS) is 1. The predicted molar refractivity (Wildman–Crippen MR) is 57.6 cm³/mol. The first-order valence-electron chi connectivity index (χ1n) is 5.16. The SMILES string of the molecule is CC(C)NC(=O)CCNC(C)CC(=O)O. The lowest BCUT2D eigenvalue weighted by molar-refractivity contribution is -0.137. The van der Waals surface area contributed by atoms with Crippen molar-refractivity contribution in [3.8, 4) is 0 Å². The van der Waals surface area contributed by atoms with Gasteiger partial charge in [-0.15, -0.1) is 0 Å². The van der Waals surface area contributed by atoms with Crippen molar-refractivity contribution < 1.29 is 14.7 Å². The first-order chi connectivity index (χ1) is 6.91. The summed E-state index contributed by atoms with van der Waals surface area (Å²) in [6, 6.07) is 0.0447. The first-order valence-corrected chi connectivity index (χ1v) is 5.16. The van der Waals surface area contributed by atoms with E-state index in [1.807, 2.05) is 13.8 Å². The third kappa shape index (κ3) is 9.21. The fourth-order valence-corrected chi connectivity index (χ4v) is 1.16. The van der Waals surface area contributed by atoms with E-state index in [1.54, 1.807) is 6.92 Å². The van der Waals surface area contributed by atoms with Crippen molar-refractivity contribution in [1.29, 1.82) is 0 Å². The number of rotatable bonds is 7. The lowest BCUT2D eigenvalue weighted by Gasteiger charge is -2.12. The van der Waals surface area contributed by atoms with Crippen LogP contribution in [0.1, 0.15) is 33.6 Å². The number of nitrogens with one attached hydrogen (secondary N) is 2. The largest absolute Gasteiger partial charge is 0.481 e. The van der Waals surface area contributed by atoms with E-state index in [9.17, 15) is 9.59 Å². The Balaban J connectivity index is 3.52. The molecule has 0 aromatic heterocycles. The van der Waals surface area contributed by atoms with Crippen LogP contribution in [-0.2, 0) is 9.59 Å². The lowest BCUT2D eigenvalue weighted by Crippen LogP contribution is -2.35. The van der Waals surface area contributed by atoms with Crippen LogP contribution < -0.4 is 10.6 Å². The molecule has 0 heterocycles. The number of carbonyl (C=O) groups is 2. The number of carboxylic acids is 1. The number of carbonyl (C=O) groups excluding carboxylic acids is 1. The zero-order valence-corrected chi connectivity index (χ0v) is 9.54. The molecule has 1 amide bonds. The highest BCUT2D eigenvalue weighted by Gasteiger charge is 2.07. The van der Waals surface area contributed by atoms with E-state index < -0.39 is 5.97 Å². The Kier molecular flexibility index (Phi) is 6.70. The summed E-state index contributed by atoms with van der Waals surface area (Å²) in [5, 5.41) is 14.2. The molecule has 5 heteroatoms. The monoisotopic (exact) mass is 216 g/mol. The maximum absolute atomic E-state index is 11.2. The molecule has 15 heavy (non-hydrogen) atoms. The van der Waals surface area contributed by atoms with Gasteiger partial charge in [-0.05, 0) is 20.8 Å². The maximum atomic E-state index is 11.2. The minimum absolute atomic E-state index is 0.0139. The molecule has 0 bridgehead atoms. The minimum atomic E-state index is -0.832. The molecule has 88 valence electrons. The number of aliphatic carboxylic acids is 1. The average Bonchev–Trinajstić information content (AvgIpc) is 2.00. The summed E-state index contributed by atoms with van der Waals surface area (Å²) in [7, 11) is 0. The highest BCUT2D eigenvalue weighted by molar-refractivity contribution is 5.76. The molecule has 0 fully saturated rings. The Bertz CT molecular complexity index is 217. The van der Waals surface area contributed by atoms with Gasteiger partial charge in [0.1, 0.15) is 0 Å². The van der Waals surface area contributed by atoms with Crippen molar-refractivity contribution in [1.82, 2.24) is 10.6 Å². The van der Waals surface area contributed by atoms with Gasteiger partial charge in [0.05, 0.1) is 6.42 Å². The summed E-state index contributed by atoms with van der Waals surface area (Å²) in [5.74, 6) is -0.846. The molecule has 0 radical (unpaired) electrons. The van der Waals surface area contributed by atoms with E-state index >= 15 is 0 Å². The van der Waals surface area contributed by atoms with Crippen LogP contribution in [-0.4, -0.2) is 35.6 Å². The fraction of sp³-hybridized carbons (Fsp3) is 0.800. The number of amides is 1. The summed E-state index contributed by atoms with van der Waals surface area (Å²) in [5.41, 5.74) is 0. The van der Waals surface area contributed by atoms with Crippen LogP contribution in [0.2, 0.25) is 0 Å². The van der Waals surface area contributed by atoms with Gasteiger partial charge in [0.15, 0.2) is 0 Å². The van der Waals surface area contributed by atoms with Crippen molar-refractivity contribution in [2.75, 3.05) is 6.54 Å². The van der Waals surface area contributed by atoms with Gasteiger partial charge in [0.25, 0.3) is 0 Å². The first kappa shape index (κ1) is 13.9. The van der Waals surface area contributed by atoms with E-state index in [0.29, 0.717) is 13.0 Å². The van der Waals surface area contributed by atoms with Crippen LogP contribution in [0.15, 0.2) is 0 Å². The van der Waals surface area contributed by atoms with Gasteiger partial charge in [0, 0.05) is 25.0 Å². The predicted octanol–water partition coefficient (Wildman–Crippen LogP) is 0.354. The lowest BCUT2D eigenvalue weighted by atomic mass is 10.2. The van der Waals surface area contributed by atoms with Gasteiger partial charge in [-0.25, -0.2) is 0 Å². The second-order valence-corrected chi connectivity index (χ2v) is 3.93. The van der Waals surface area contributed by atoms with E-state index in [-0.39, 0.29) is 24.4 Å². The maximum Gasteiger partial charge on any atom is 0.304 e. The second-order valence-electron chi connectivity index (χ2n) is 3.93. The molecule has 5 nitrogen and oxygen atoms in total. The van der Waals surface area contributed by atoms with Crippen LogP contribution in [0, 0.1) is 0 Å². The molecule has 0 aliphatic heterocycles. The summed E-state index contributed by atoms with van der Waals surface area (Å²) in [6.45, 7) is 6.10. The topological polar surface area (TPSA) is 78.4 Å². The summed E-state index contributed by atoms with van der Waals surface area (Å²) in [4.78, 5) is 21.5.